The van der Waals surface area contributed by atoms with E-state index in [1.807, 2.05) is 24.3 Å². The van der Waals surface area contributed by atoms with E-state index in [0.717, 1.165) is 21.9 Å². The first-order valence-electron chi connectivity index (χ1n) is 7.74. The summed E-state index contributed by atoms with van der Waals surface area (Å²) in [7, 11) is 0. The van der Waals surface area contributed by atoms with E-state index in [1.165, 1.54) is 0 Å². The van der Waals surface area contributed by atoms with Crippen LogP contribution >= 0.6 is 0 Å². The number of benzene rings is 2. The first kappa shape index (κ1) is 14.5. The number of alkyl halides is 1. The second kappa shape index (κ2) is 6.20. The number of halogens is 1. The number of aryl methyl sites for hydroxylation is 1. The average molecular weight is 318 g/mol. The molecule has 0 radical (unpaired) electrons. The fourth-order valence-corrected chi connectivity index (χ4v) is 2.84. The summed E-state index contributed by atoms with van der Waals surface area (Å²) in [4.78, 5) is 13.3. The molecule has 24 heavy (non-hydrogen) atoms. The van der Waals surface area contributed by atoms with Crippen molar-refractivity contribution in [1.29, 1.82) is 0 Å². The zero-order valence-corrected chi connectivity index (χ0v) is 12.9. The molecule has 0 N–H and O–H groups in total. The number of hydrogen-bond donors (Lipinski definition) is 0. The highest BCUT2D eigenvalue weighted by Gasteiger charge is 2.10. The van der Waals surface area contributed by atoms with Gasteiger partial charge < -0.3 is 4.57 Å². The molecule has 0 saturated heterocycles. The van der Waals surface area contributed by atoms with Gasteiger partial charge in [0.05, 0.1) is 12.1 Å². The highest BCUT2D eigenvalue weighted by Crippen LogP contribution is 2.26. The number of aromatic nitrogens is 4. The minimum absolute atomic E-state index is 0.278. The van der Waals surface area contributed by atoms with Gasteiger partial charge in [-0.25, -0.2) is 19.3 Å². The summed E-state index contributed by atoms with van der Waals surface area (Å²) in [5.41, 5.74) is 1.77. The maximum atomic E-state index is 12.6. The topological polar surface area (TPSA) is 43.6 Å². The van der Waals surface area contributed by atoms with Crippen molar-refractivity contribution < 1.29 is 4.39 Å². The highest BCUT2D eigenvalue weighted by atomic mass is 19.1. The molecule has 0 aliphatic rings. The lowest BCUT2D eigenvalue weighted by molar-refractivity contribution is 0.447. The lowest BCUT2D eigenvalue weighted by atomic mass is 10.0. The molecular formula is C19H15FN4. The Hall–Kier alpha value is -3.08. The molecule has 0 unspecified atom stereocenters. The SMILES string of the molecule is FCCn1ccnc1-c1cnc(-c2cccc3ccccc23)nc1. The molecule has 0 bridgehead atoms. The molecule has 4 aromatic rings. The van der Waals surface area contributed by atoms with Crippen molar-refractivity contribution in [3.63, 3.8) is 0 Å². The number of rotatable bonds is 4. The third kappa shape index (κ3) is 2.54. The van der Waals surface area contributed by atoms with Gasteiger partial charge in [-0.1, -0.05) is 42.5 Å². The van der Waals surface area contributed by atoms with Crippen LogP contribution in [0.2, 0.25) is 0 Å². The van der Waals surface area contributed by atoms with Crippen molar-refractivity contribution in [2.45, 2.75) is 6.54 Å². The molecule has 0 aliphatic carbocycles. The van der Waals surface area contributed by atoms with Crippen LogP contribution < -0.4 is 0 Å². The van der Waals surface area contributed by atoms with E-state index in [-0.39, 0.29) is 6.54 Å². The second-order valence-electron chi connectivity index (χ2n) is 5.46. The molecule has 4 rings (SSSR count). The van der Waals surface area contributed by atoms with E-state index in [1.54, 1.807) is 29.4 Å². The van der Waals surface area contributed by atoms with E-state index in [2.05, 4.69) is 33.2 Å². The van der Waals surface area contributed by atoms with Crippen LogP contribution in [0.15, 0.2) is 67.3 Å². The largest absolute Gasteiger partial charge is 0.328 e. The maximum absolute atomic E-state index is 12.6. The van der Waals surface area contributed by atoms with Crippen molar-refractivity contribution in [3.8, 4) is 22.8 Å². The third-order valence-electron chi connectivity index (χ3n) is 3.98. The highest BCUT2D eigenvalue weighted by molar-refractivity contribution is 5.95. The minimum atomic E-state index is -0.432. The number of hydrogen-bond acceptors (Lipinski definition) is 3. The molecule has 2 heterocycles. The molecule has 0 saturated carbocycles. The standard InChI is InChI=1S/C19H15FN4/c20-8-10-24-11-9-21-19(24)15-12-22-18(23-13-15)17-7-3-5-14-4-1-2-6-16(14)17/h1-7,9,11-13H,8,10H2. The Labute approximate surface area is 138 Å². The normalized spacial score (nSPS) is 11.0. The van der Waals surface area contributed by atoms with Gasteiger partial charge in [-0.3, -0.25) is 0 Å². The predicted molar refractivity (Wildman–Crippen MR) is 92.2 cm³/mol. The van der Waals surface area contributed by atoms with Crippen LogP contribution in [0.3, 0.4) is 0 Å². The van der Waals surface area contributed by atoms with Gasteiger partial charge in [0.2, 0.25) is 0 Å². The van der Waals surface area contributed by atoms with E-state index >= 15 is 0 Å². The molecule has 5 heteroatoms. The third-order valence-corrected chi connectivity index (χ3v) is 3.98. The minimum Gasteiger partial charge on any atom is -0.328 e. The lowest BCUT2D eigenvalue weighted by Gasteiger charge is -2.07. The van der Waals surface area contributed by atoms with Crippen molar-refractivity contribution in [3.05, 3.63) is 67.3 Å². The van der Waals surface area contributed by atoms with Crippen LogP contribution in [0.1, 0.15) is 0 Å². The Bertz CT molecular complexity index is 971. The van der Waals surface area contributed by atoms with E-state index in [9.17, 15) is 4.39 Å². The Morgan fingerprint density at radius 3 is 2.54 bits per heavy atom. The Morgan fingerprint density at radius 1 is 0.917 bits per heavy atom. The van der Waals surface area contributed by atoms with Gasteiger partial charge in [0.25, 0.3) is 0 Å². The zero-order valence-electron chi connectivity index (χ0n) is 12.9. The number of fused-ring (bicyclic) bond motifs is 1. The fraction of sp³-hybridized carbons (Fsp3) is 0.105. The molecule has 0 aliphatic heterocycles. The zero-order chi connectivity index (χ0) is 16.4. The second-order valence-corrected chi connectivity index (χ2v) is 5.46. The maximum Gasteiger partial charge on any atom is 0.159 e. The van der Waals surface area contributed by atoms with Crippen LogP contribution in [-0.2, 0) is 6.54 Å². The Balaban J connectivity index is 1.75. The first-order valence-corrected chi connectivity index (χ1v) is 7.74. The van der Waals surface area contributed by atoms with Crippen LogP contribution in [-0.4, -0.2) is 26.2 Å². The Kier molecular flexibility index (Phi) is 3.75. The van der Waals surface area contributed by atoms with Gasteiger partial charge in [-0.05, 0) is 10.8 Å². The molecule has 0 atom stereocenters. The molecule has 0 fully saturated rings. The van der Waals surface area contributed by atoms with Crippen LogP contribution in [0.4, 0.5) is 4.39 Å². The van der Waals surface area contributed by atoms with Crippen LogP contribution in [0.5, 0.6) is 0 Å². The van der Waals surface area contributed by atoms with E-state index < -0.39 is 6.67 Å². The van der Waals surface area contributed by atoms with Crippen molar-refractivity contribution in [2.75, 3.05) is 6.67 Å². The van der Waals surface area contributed by atoms with Crippen molar-refractivity contribution in [2.24, 2.45) is 0 Å². The van der Waals surface area contributed by atoms with Gasteiger partial charge in [-0.15, -0.1) is 0 Å². The summed E-state index contributed by atoms with van der Waals surface area (Å²) in [5.74, 6) is 1.34. The predicted octanol–water partition coefficient (Wildman–Crippen LogP) is 4.13. The molecule has 4 nitrogen and oxygen atoms in total. The van der Waals surface area contributed by atoms with Crippen LogP contribution in [0.25, 0.3) is 33.5 Å². The fourth-order valence-electron chi connectivity index (χ4n) is 2.84. The van der Waals surface area contributed by atoms with Gasteiger partial charge >= 0.3 is 0 Å². The monoisotopic (exact) mass is 318 g/mol. The molecule has 0 spiro atoms. The van der Waals surface area contributed by atoms with Gasteiger partial charge in [-0.2, -0.15) is 0 Å². The summed E-state index contributed by atoms with van der Waals surface area (Å²) in [6.45, 7) is -0.154. The van der Waals surface area contributed by atoms with Crippen molar-refractivity contribution >= 4 is 10.8 Å². The summed E-state index contributed by atoms with van der Waals surface area (Å²) < 4.78 is 14.4. The molecule has 0 amide bonds. The van der Waals surface area contributed by atoms with Gasteiger partial charge in [0.1, 0.15) is 12.5 Å². The quantitative estimate of drug-likeness (QED) is 0.568. The molecule has 118 valence electrons. The van der Waals surface area contributed by atoms with Gasteiger partial charge in [0.15, 0.2) is 5.82 Å². The summed E-state index contributed by atoms with van der Waals surface area (Å²) >= 11 is 0. The Morgan fingerprint density at radius 2 is 1.71 bits per heavy atom. The molecule has 2 aromatic heterocycles. The first-order chi connectivity index (χ1) is 11.9. The van der Waals surface area contributed by atoms with Gasteiger partial charge in [0, 0.05) is 30.4 Å². The van der Waals surface area contributed by atoms with Crippen LogP contribution in [0, 0.1) is 0 Å². The summed E-state index contributed by atoms with van der Waals surface area (Å²) in [5, 5.41) is 2.27. The molecule has 2 aromatic carbocycles. The summed E-state index contributed by atoms with van der Waals surface area (Å²) in [6.07, 6.45) is 6.89. The van der Waals surface area contributed by atoms with E-state index in [4.69, 9.17) is 0 Å². The number of nitrogens with zero attached hydrogens (tertiary/aromatic N) is 4. The van der Waals surface area contributed by atoms with Crippen molar-refractivity contribution in [1.82, 2.24) is 19.5 Å². The lowest BCUT2D eigenvalue weighted by Crippen LogP contribution is -2.01. The number of imidazole rings is 1. The average Bonchev–Trinajstić information content (AvgIpc) is 3.10. The van der Waals surface area contributed by atoms with E-state index in [0.29, 0.717) is 11.6 Å². The smallest absolute Gasteiger partial charge is 0.159 e. The molecular weight excluding hydrogens is 303 g/mol. The summed E-state index contributed by atoms with van der Waals surface area (Å²) in [6, 6.07) is 14.2.